The van der Waals surface area contributed by atoms with E-state index in [1.54, 1.807) is 18.2 Å². The lowest BCUT2D eigenvalue weighted by Gasteiger charge is -2.07. The highest BCUT2D eigenvalue weighted by Crippen LogP contribution is 2.29. The summed E-state index contributed by atoms with van der Waals surface area (Å²) in [5.41, 5.74) is 1.05. The van der Waals surface area contributed by atoms with Crippen LogP contribution < -0.4 is 5.32 Å². The number of nitrogens with zero attached hydrogens (tertiary/aromatic N) is 4. The van der Waals surface area contributed by atoms with Crippen LogP contribution in [0.3, 0.4) is 0 Å². The van der Waals surface area contributed by atoms with Crippen molar-refractivity contribution in [2.45, 2.75) is 6.54 Å². The van der Waals surface area contributed by atoms with Crippen LogP contribution in [0.5, 0.6) is 0 Å². The Balaban J connectivity index is 1.99. The SMILES string of the molecule is O=[N+]([O-])c1ccc(NCc2ncon2)c2cccnc12. The van der Waals surface area contributed by atoms with Crippen molar-refractivity contribution in [3.05, 3.63) is 52.8 Å². The number of hydrogen-bond donors (Lipinski definition) is 1. The molecule has 0 aliphatic heterocycles. The van der Waals surface area contributed by atoms with E-state index >= 15 is 0 Å². The van der Waals surface area contributed by atoms with Gasteiger partial charge in [0.2, 0.25) is 6.39 Å². The van der Waals surface area contributed by atoms with Crippen LogP contribution in [0, 0.1) is 10.1 Å². The third-order valence-corrected chi connectivity index (χ3v) is 2.79. The minimum Gasteiger partial charge on any atom is -0.377 e. The highest BCUT2D eigenvalue weighted by Gasteiger charge is 2.15. The normalized spacial score (nSPS) is 10.6. The quantitative estimate of drug-likeness (QED) is 0.572. The number of pyridine rings is 1. The standard InChI is InChI=1S/C12H9N5O3/c18-17(19)10-4-3-9(8-2-1-5-13-12(8)10)14-6-11-15-7-20-16-11/h1-5,7,14H,6H2. The summed E-state index contributed by atoms with van der Waals surface area (Å²) in [6.45, 7) is 0.359. The van der Waals surface area contributed by atoms with Crippen molar-refractivity contribution in [2.24, 2.45) is 0 Å². The van der Waals surface area contributed by atoms with Gasteiger partial charge in [0.05, 0.1) is 11.5 Å². The number of nitro groups is 1. The monoisotopic (exact) mass is 271 g/mol. The average molecular weight is 271 g/mol. The molecule has 0 radical (unpaired) electrons. The van der Waals surface area contributed by atoms with Crippen LogP contribution in [0.25, 0.3) is 10.9 Å². The Kier molecular flexibility index (Phi) is 2.96. The minimum atomic E-state index is -0.446. The fourth-order valence-electron chi connectivity index (χ4n) is 1.90. The molecular formula is C12H9N5O3. The molecule has 8 nitrogen and oxygen atoms in total. The van der Waals surface area contributed by atoms with Crippen molar-refractivity contribution in [2.75, 3.05) is 5.32 Å². The first-order valence-electron chi connectivity index (χ1n) is 5.77. The molecule has 2 heterocycles. The van der Waals surface area contributed by atoms with E-state index in [1.807, 2.05) is 0 Å². The van der Waals surface area contributed by atoms with E-state index in [9.17, 15) is 10.1 Å². The first kappa shape index (κ1) is 12.0. The van der Waals surface area contributed by atoms with E-state index in [1.165, 1.54) is 18.7 Å². The van der Waals surface area contributed by atoms with E-state index in [4.69, 9.17) is 0 Å². The second-order valence-electron chi connectivity index (χ2n) is 3.99. The van der Waals surface area contributed by atoms with Gasteiger partial charge in [0, 0.05) is 23.3 Å². The Morgan fingerprint density at radius 2 is 2.20 bits per heavy atom. The van der Waals surface area contributed by atoms with Gasteiger partial charge in [-0.2, -0.15) is 4.98 Å². The van der Waals surface area contributed by atoms with Gasteiger partial charge < -0.3 is 9.84 Å². The van der Waals surface area contributed by atoms with Crippen LogP contribution in [0.2, 0.25) is 0 Å². The van der Waals surface area contributed by atoms with Gasteiger partial charge in [-0.15, -0.1) is 0 Å². The molecule has 3 aromatic rings. The van der Waals surface area contributed by atoms with Crippen LogP contribution in [-0.4, -0.2) is 20.0 Å². The Morgan fingerprint density at radius 3 is 2.95 bits per heavy atom. The summed E-state index contributed by atoms with van der Waals surface area (Å²) in [7, 11) is 0. The Bertz CT molecular complexity index is 757. The summed E-state index contributed by atoms with van der Waals surface area (Å²) in [5.74, 6) is 0.500. The van der Waals surface area contributed by atoms with Gasteiger partial charge in [-0.05, 0) is 18.2 Å². The number of fused-ring (bicyclic) bond motifs is 1. The lowest BCUT2D eigenvalue weighted by Crippen LogP contribution is -2.02. The topological polar surface area (TPSA) is 107 Å². The third kappa shape index (κ3) is 2.14. The maximum Gasteiger partial charge on any atom is 0.295 e. The van der Waals surface area contributed by atoms with Gasteiger partial charge in [0.1, 0.15) is 5.52 Å². The largest absolute Gasteiger partial charge is 0.377 e. The van der Waals surface area contributed by atoms with Crippen molar-refractivity contribution < 1.29 is 9.45 Å². The number of nitrogens with one attached hydrogen (secondary N) is 1. The smallest absolute Gasteiger partial charge is 0.295 e. The van der Waals surface area contributed by atoms with Crippen molar-refractivity contribution in [1.82, 2.24) is 15.1 Å². The number of anilines is 1. The number of hydrogen-bond acceptors (Lipinski definition) is 7. The molecule has 1 N–H and O–H groups in total. The second-order valence-corrected chi connectivity index (χ2v) is 3.99. The van der Waals surface area contributed by atoms with Crippen molar-refractivity contribution >= 4 is 22.3 Å². The van der Waals surface area contributed by atoms with E-state index in [0.29, 0.717) is 23.3 Å². The molecule has 0 amide bonds. The summed E-state index contributed by atoms with van der Waals surface area (Å²) >= 11 is 0. The lowest BCUT2D eigenvalue weighted by molar-refractivity contribution is -0.383. The Labute approximate surface area is 112 Å². The zero-order valence-electron chi connectivity index (χ0n) is 10.2. The molecular weight excluding hydrogens is 262 g/mol. The maximum atomic E-state index is 11.0. The van der Waals surface area contributed by atoms with Gasteiger partial charge in [-0.3, -0.25) is 10.1 Å². The predicted molar refractivity (Wildman–Crippen MR) is 70.0 cm³/mol. The first-order chi connectivity index (χ1) is 9.75. The number of aromatic nitrogens is 3. The third-order valence-electron chi connectivity index (χ3n) is 2.79. The van der Waals surface area contributed by atoms with Crippen LogP contribution in [0.1, 0.15) is 5.82 Å². The zero-order chi connectivity index (χ0) is 13.9. The van der Waals surface area contributed by atoms with Crippen molar-refractivity contribution in [3.8, 4) is 0 Å². The molecule has 100 valence electrons. The number of nitro benzene ring substituents is 1. The fourth-order valence-corrected chi connectivity index (χ4v) is 1.90. The zero-order valence-corrected chi connectivity index (χ0v) is 10.2. The molecule has 0 aliphatic carbocycles. The van der Waals surface area contributed by atoms with Crippen LogP contribution in [0.15, 0.2) is 41.4 Å². The summed E-state index contributed by atoms with van der Waals surface area (Å²) in [5, 5.41) is 18.4. The summed E-state index contributed by atoms with van der Waals surface area (Å²) in [6, 6.07) is 6.57. The molecule has 20 heavy (non-hydrogen) atoms. The fraction of sp³-hybridized carbons (Fsp3) is 0.0833. The van der Waals surface area contributed by atoms with E-state index < -0.39 is 4.92 Å². The van der Waals surface area contributed by atoms with Gasteiger partial charge in [-0.25, -0.2) is 4.98 Å². The Morgan fingerprint density at radius 1 is 1.30 bits per heavy atom. The summed E-state index contributed by atoms with van der Waals surface area (Å²) in [4.78, 5) is 18.5. The van der Waals surface area contributed by atoms with Crippen LogP contribution in [0.4, 0.5) is 11.4 Å². The van der Waals surface area contributed by atoms with E-state index in [0.717, 1.165) is 5.69 Å². The molecule has 0 bridgehead atoms. The van der Waals surface area contributed by atoms with Crippen molar-refractivity contribution in [1.29, 1.82) is 0 Å². The molecule has 8 heteroatoms. The predicted octanol–water partition coefficient (Wildman–Crippen LogP) is 2.14. The van der Waals surface area contributed by atoms with Gasteiger partial charge in [-0.1, -0.05) is 5.16 Å². The lowest BCUT2D eigenvalue weighted by atomic mass is 10.1. The number of rotatable bonds is 4. The summed E-state index contributed by atoms with van der Waals surface area (Å²) < 4.78 is 4.64. The molecule has 3 rings (SSSR count). The van der Waals surface area contributed by atoms with Crippen molar-refractivity contribution in [3.63, 3.8) is 0 Å². The maximum absolute atomic E-state index is 11.0. The molecule has 0 fully saturated rings. The first-order valence-corrected chi connectivity index (χ1v) is 5.77. The molecule has 0 aliphatic rings. The van der Waals surface area contributed by atoms with Gasteiger partial charge >= 0.3 is 0 Å². The minimum absolute atomic E-state index is 0.0225. The highest BCUT2D eigenvalue weighted by atomic mass is 16.6. The molecule has 0 spiro atoms. The van der Waals surface area contributed by atoms with Crippen LogP contribution >= 0.6 is 0 Å². The molecule has 0 atom stereocenters. The van der Waals surface area contributed by atoms with E-state index in [2.05, 4.69) is 25.0 Å². The molecule has 0 saturated heterocycles. The molecule has 2 aromatic heterocycles. The average Bonchev–Trinajstić information content (AvgIpc) is 2.97. The Hall–Kier alpha value is -3.03. The molecule has 0 unspecified atom stereocenters. The second kappa shape index (κ2) is 4.92. The molecule has 0 saturated carbocycles. The van der Waals surface area contributed by atoms with Gasteiger partial charge in [0.15, 0.2) is 5.82 Å². The molecule has 1 aromatic carbocycles. The summed E-state index contributed by atoms with van der Waals surface area (Å²) in [6.07, 6.45) is 2.77. The van der Waals surface area contributed by atoms with E-state index in [-0.39, 0.29) is 5.69 Å². The number of non-ortho nitro benzene ring substituents is 1. The van der Waals surface area contributed by atoms with Gasteiger partial charge in [0.25, 0.3) is 5.69 Å². The highest BCUT2D eigenvalue weighted by molar-refractivity contribution is 5.96. The number of benzene rings is 1. The van der Waals surface area contributed by atoms with Crippen LogP contribution in [-0.2, 0) is 6.54 Å².